The topological polar surface area (TPSA) is 80.6 Å². The average Bonchev–Trinajstić information content (AvgIpc) is 3.02. The molecule has 2 aromatic rings. The zero-order chi connectivity index (χ0) is 15.1. The number of furan rings is 1. The average molecular weight is 288 g/mol. The first kappa shape index (κ1) is 14.8. The van der Waals surface area contributed by atoms with Gasteiger partial charge in [-0.05, 0) is 17.7 Å². The number of benzene rings is 1. The lowest BCUT2D eigenvalue weighted by Gasteiger charge is -2.17. The molecule has 1 heterocycles. The normalized spacial score (nSPS) is 11.7. The predicted molar refractivity (Wildman–Crippen MR) is 75.3 cm³/mol. The van der Waals surface area contributed by atoms with Gasteiger partial charge in [-0.3, -0.25) is 14.4 Å². The third-order valence-corrected chi connectivity index (χ3v) is 2.85. The highest BCUT2D eigenvalue weighted by atomic mass is 16.6. The molecule has 0 saturated carbocycles. The number of hydrogen-bond donors (Lipinski definition) is 2. The molecule has 0 spiro atoms. The van der Waals surface area contributed by atoms with Crippen molar-refractivity contribution in [2.24, 2.45) is 0 Å². The summed E-state index contributed by atoms with van der Waals surface area (Å²) >= 11 is 0. The van der Waals surface area contributed by atoms with E-state index >= 15 is 0 Å². The maximum Gasteiger partial charge on any atom is 0.287 e. The molecular weight excluding hydrogens is 272 g/mol. The molecule has 6 nitrogen and oxygen atoms in total. The van der Waals surface area contributed by atoms with E-state index in [9.17, 15) is 9.59 Å². The van der Waals surface area contributed by atoms with Crippen LogP contribution in [0.25, 0.3) is 0 Å². The molecule has 1 aromatic heterocycles. The van der Waals surface area contributed by atoms with E-state index in [0.717, 1.165) is 5.56 Å². The van der Waals surface area contributed by atoms with Crippen LogP contribution in [0.1, 0.15) is 16.1 Å². The quantitative estimate of drug-likeness (QED) is 0.785. The van der Waals surface area contributed by atoms with Crippen molar-refractivity contribution >= 4 is 11.8 Å². The van der Waals surface area contributed by atoms with Crippen LogP contribution >= 0.6 is 0 Å². The van der Waals surface area contributed by atoms with Gasteiger partial charge in [-0.25, -0.2) is 5.48 Å². The number of amides is 2. The van der Waals surface area contributed by atoms with Gasteiger partial charge in [0.15, 0.2) is 5.76 Å². The van der Waals surface area contributed by atoms with Crippen molar-refractivity contribution in [1.82, 2.24) is 10.8 Å². The van der Waals surface area contributed by atoms with E-state index < -0.39 is 17.9 Å². The molecule has 0 aliphatic heterocycles. The first-order chi connectivity index (χ1) is 10.2. The summed E-state index contributed by atoms with van der Waals surface area (Å²) in [5.74, 6) is -0.730. The van der Waals surface area contributed by atoms with E-state index in [2.05, 4.69) is 15.6 Å². The Balaban J connectivity index is 2.08. The maximum absolute atomic E-state index is 12.0. The SMILES string of the molecule is CONC(=O)C(Cc1ccccc1)NC(=O)c1ccco1. The summed E-state index contributed by atoms with van der Waals surface area (Å²) in [6.45, 7) is 0. The van der Waals surface area contributed by atoms with Crippen LogP contribution in [0.2, 0.25) is 0 Å². The fraction of sp³-hybridized carbons (Fsp3) is 0.200. The van der Waals surface area contributed by atoms with Gasteiger partial charge in [-0.15, -0.1) is 0 Å². The largest absolute Gasteiger partial charge is 0.459 e. The molecule has 0 bridgehead atoms. The summed E-state index contributed by atoms with van der Waals surface area (Å²) in [5, 5.41) is 2.63. The summed E-state index contributed by atoms with van der Waals surface area (Å²) in [5.41, 5.74) is 3.16. The van der Waals surface area contributed by atoms with Crippen molar-refractivity contribution in [3.8, 4) is 0 Å². The lowest BCUT2D eigenvalue weighted by atomic mass is 10.1. The Morgan fingerprint density at radius 3 is 2.57 bits per heavy atom. The van der Waals surface area contributed by atoms with Crippen molar-refractivity contribution in [3.05, 3.63) is 60.1 Å². The van der Waals surface area contributed by atoms with Gasteiger partial charge in [-0.2, -0.15) is 0 Å². The van der Waals surface area contributed by atoms with Gasteiger partial charge in [0.25, 0.3) is 11.8 Å². The van der Waals surface area contributed by atoms with Gasteiger partial charge in [0.05, 0.1) is 13.4 Å². The molecule has 2 N–H and O–H groups in total. The van der Waals surface area contributed by atoms with Gasteiger partial charge in [-0.1, -0.05) is 30.3 Å². The molecule has 0 saturated heterocycles. The van der Waals surface area contributed by atoms with Crippen molar-refractivity contribution in [2.75, 3.05) is 7.11 Å². The number of rotatable bonds is 6. The molecule has 1 unspecified atom stereocenters. The fourth-order valence-electron chi connectivity index (χ4n) is 1.87. The maximum atomic E-state index is 12.0. The standard InChI is InChI=1S/C15H16N2O4/c1-20-17-14(18)12(10-11-6-3-2-4-7-11)16-15(19)13-8-5-9-21-13/h2-9,12H,10H2,1H3,(H,16,19)(H,17,18). The fourth-order valence-corrected chi connectivity index (χ4v) is 1.87. The van der Waals surface area contributed by atoms with Crippen LogP contribution in [0.3, 0.4) is 0 Å². The molecule has 2 amide bonds. The predicted octanol–water partition coefficient (Wildman–Crippen LogP) is 1.30. The molecule has 0 fully saturated rings. The highest BCUT2D eigenvalue weighted by Gasteiger charge is 2.22. The van der Waals surface area contributed by atoms with Crippen LogP contribution in [-0.2, 0) is 16.1 Å². The summed E-state index contributed by atoms with van der Waals surface area (Å²) < 4.78 is 5.01. The van der Waals surface area contributed by atoms with Crippen LogP contribution in [0.4, 0.5) is 0 Å². The molecular formula is C15H16N2O4. The first-order valence-electron chi connectivity index (χ1n) is 6.42. The van der Waals surface area contributed by atoms with Crippen LogP contribution in [0.5, 0.6) is 0 Å². The Morgan fingerprint density at radius 2 is 1.95 bits per heavy atom. The number of hydrogen-bond acceptors (Lipinski definition) is 4. The molecule has 110 valence electrons. The van der Waals surface area contributed by atoms with Gasteiger partial charge >= 0.3 is 0 Å². The summed E-state index contributed by atoms with van der Waals surface area (Å²) in [6, 6.07) is 11.8. The van der Waals surface area contributed by atoms with Crippen LogP contribution < -0.4 is 10.8 Å². The number of hydroxylamine groups is 1. The van der Waals surface area contributed by atoms with Crippen molar-refractivity contribution in [1.29, 1.82) is 0 Å². The van der Waals surface area contributed by atoms with Gasteiger partial charge < -0.3 is 9.73 Å². The van der Waals surface area contributed by atoms with E-state index in [-0.39, 0.29) is 5.76 Å². The van der Waals surface area contributed by atoms with Gasteiger partial charge in [0, 0.05) is 6.42 Å². The number of carbonyl (C=O) groups excluding carboxylic acids is 2. The minimum Gasteiger partial charge on any atom is -0.459 e. The smallest absolute Gasteiger partial charge is 0.287 e. The minimum absolute atomic E-state index is 0.151. The van der Waals surface area contributed by atoms with Crippen molar-refractivity contribution < 1.29 is 18.8 Å². The third kappa shape index (κ3) is 4.19. The van der Waals surface area contributed by atoms with E-state index in [1.54, 1.807) is 6.07 Å². The molecule has 21 heavy (non-hydrogen) atoms. The Bertz CT molecular complexity index is 581. The lowest BCUT2D eigenvalue weighted by molar-refractivity contribution is -0.133. The Hall–Kier alpha value is -2.60. The molecule has 1 aromatic carbocycles. The minimum atomic E-state index is -0.759. The van der Waals surface area contributed by atoms with E-state index in [1.807, 2.05) is 30.3 Å². The zero-order valence-electron chi connectivity index (χ0n) is 11.5. The van der Waals surface area contributed by atoms with Gasteiger partial charge in [0.1, 0.15) is 6.04 Å². The number of nitrogens with one attached hydrogen (secondary N) is 2. The highest BCUT2D eigenvalue weighted by molar-refractivity contribution is 5.95. The Labute approximate surface area is 122 Å². The molecule has 1 atom stereocenters. The molecule has 0 aliphatic carbocycles. The van der Waals surface area contributed by atoms with E-state index in [4.69, 9.17) is 4.42 Å². The van der Waals surface area contributed by atoms with E-state index in [0.29, 0.717) is 6.42 Å². The third-order valence-electron chi connectivity index (χ3n) is 2.85. The van der Waals surface area contributed by atoms with E-state index in [1.165, 1.54) is 19.4 Å². The second-order valence-electron chi connectivity index (χ2n) is 4.36. The van der Waals surface area contributed by atoms with Crippen molar-refractivity contribution in [2.45, 2.75) is 12.5 Å². The summed E-state index contributed by atoms with van der Waals surface area (Å²) in [6.07, 6.45) is 1.75. The monoisotopic (exact) mass is 288 g/mol. The Kier molecular flexibility index (Phi) is 5.11. The van der Waals surface area contributed by atoms with Crippen LogP contribution in [0.15, 0.2) is 53.1 Å². The Morgan fingerprint density at radius 1 is 1.19 bits per heavy atom. The number of carbonyl (C=O) groups is 2. The van der Waals surface area contributed by atoms with Crippen molar-refractivity contribution in [3.63, 3.8) is 0 Å². The molecule has 2 rings (SSSR count). The first-order valence-corrected chi connectivity index (χ1v) is 6.42. The molecule has 0 radical (unpaired) electrons. The highest BCUT2D eigenvalue weighted by Crippen LogP contribution is 2.06. The van der Waals surface area contributed by atoms with Crippen LogP contribution in [-0.4, -0.2) is 25.0 Å². The zero-order valence-corrected chi connectivity index (χ0v) is 11.5. The second kappa shape index (κ2) is 7.25. The van der Waals surface area contributed by atoms with Crippen LogP contribution in [0, 0.1) is 0 Å². The van der Waals surface area contributed by atoms with Gasteiger partial charge in [0.2, 0.25) is 0 Å². The lowest BCUT2D eigenvalue weighted by Crippen LogP contribution is -2.47. The second-order valence-corrected chi connectivity index (χ2v) is 4.36. The summed E-state index contributed by atoms with van der Waals surface area (Å²) in [7, 11) is 1.34. The molecule has 6 heteroatoms. The molecule has 0 aliphatic rings. The summed E-state index contributed by atoms with van der Waals surface area (Å²) in [4.78, 5) is 28.6.